The monoisotopic (exact) mass is 456 g/mol. The SMILES string of the molecule is C#CCNC(=O)COC(=O)c1ccccc1NS(=O)(=O)c1ccc(Br)s1. The number of carbonyl (C=O) groups excluding carboxylic acids is 2. The van der Waals surface area contributed by atoms with E-state index in [1.807, 2.05) is 0 Å². The number of amides is 1. The number of thiophene rings is 1. The molecule has 0 aliphatic carbocycles. The summed E-state index contributed by atoms with van der Waals surface area (Å²) in [5.41, 5.74) is 0.0301. The molecule has 0 radical (unpaired) electrons. The summed E-state index contributed by atoms with van der Waals surface area (Å²) in [5.74, 6) is 0.820. The zero-order valence-corrected chi connectivity index (χ0v) is 16.4. The molecule has 2 N–H and O–H groups in total. The van der Waals surface area contributed by atoms with Crippen molar-refractivity contribution in [3.8, 4) is 12.3 Å². The first-order chi connectivity index (χ1) is 12.3. The number of para-hydroxylation sites is 1. The van der Waals surface area contributed by atoms with Crippen molar-refractivity contribution in [2.75, 3.05) is 17.9 Å². The van der Waals surface area contributed by atoms with E-state index >= 15 is 0 Å². The Balaban J connectivity index is 2.13. The summed E-state index contributed by atoms with van der Waals surface area (Å²) in [5, 5.41) is 2.35. The Morgan fingerprint density at radius 1 is 1.23 bits per heavy atom. The Morgan fingerprint density at radius 3 is 2.62 bits per heavy atom. The van der Waals surface area contributed by atoms with Crippen LogP contribution in [0.1, 0.15) is 10.4 Å². The molecular weight excluding hydrogens is 444 g/mol. The molecule has 0 atom stereocenters. The van der Waals surface area contributed by atoms with Crippen molar-refractivity contribution >= 4 is 54.9 Å². The fourth-order valence-electron chi connectivity index (χ4n) is 1.80. The largest absolute Gasteiger partial charge is 0.452 e. The molecule has 2 rings (SSSR count). The molecule has 136 valence electrons. The van der Waals surface area contributed by atoms with Crippen molar-refractivity contribution in [1.29, 1.82) is 0 Å². The Labute approximate surface area is 162 Å². The first kappa shape index (κ1) is 20.0. The lowest BCUT2D eigenvalue weighted by atomic mass is 10.2. The summed E-state index contributed by atoms with van der Waals surface area (Å²) in [7, 11) is -3.86. The first-order valence-corrected chi connectivity index (χ1v) is 10.2. The van der Waals surface area contributed by atoms with Crippen LogP contribution in [0.3, 0.4) is 0 Å². The zero-order valence-electron chi connectivity index (χ0n) is 13.2. The molecule has 0 saturated carbocycles. The van der Waals surface area contributed by atoms with Crippen molar-refractivity contribution in [2.24, 2.45) is 0 Å². The number of carbonyl (C=O) groups is 2. The second-order valence-corrected chi connectivity index (χ2v) is 9.14. The minimum Gasteiger partial charge on any atom is -0.452 e. The number of hydrogen-bond acceptors (Lipinski definition) is 6. The summed E-state index contributed by atoms with van der Waals surface area (Å²) in [6.45, 7) is -0.511. The third-order valence-corrected chi connectivity index (χ3v) is 6.41. The molecule has 1 amide bonds. The normalized spacial score (nSPS) is 10.6. The molecule has 0 aliphatic rings. The van der Waals surface area contributed by atoms with E-state index in [4.69, 9.17) is 11.2 Å². The maximum atomic E-state index is 12.4. The maximum absolute atomic E-state index is 12.4. The molecule has 0 fully saturated rings. The first-order valence-electron chi connectivity index (χ1n) is 7.08. The van der Waals surface area contributed by atoms with E-state index in [0.29, 0.717) is 3.79 Å². The highest BCUT2D eigenvalue weighted by atomic mass is 79.9. The summed E-state index contributed by atoms with van der Waals surface area (Å²) in [4.78, 5) is 23.6. The van der Waals surface area contributed by atoms with E-state index in [9.17, 15) is 18.0 Å². The quantitative estimate of drug-likeness (QED) is 0.491. The van der Waals surface area contributed by atoms with Crippen LogP contribution in [-0.2, 0) is 19.6 Å². The van der Waals surface area contributed by atoms with E-state index in [2.05, 4.69) is 31.9 Å². The molecule has 0 aliphatic heterocycles. The Bertz CT molecular complexity index is 963. The smallest absolute Gasteiger partial charge is 0.340 e. The van der Waals surface area contributed by atoms with Crippen LogP contribution in [0.2, 0.25) is 0 Å². The van der Waals surface area contributed by atoms with Gasteiger partial charge in [0.25, 0.3) is 15.9 Å². The topological polar surface area (TPSA) is 102 Å². The van der Waals surface area contributed by atoms with Gasteiger partial charge in [0.1, 0.15) is 4.21 Å². The highest BCUT2D eigenvalue weighted by Gasteiger charge is 2.21. The van der Waals surface area contributed by atoms with Gasteiger partial charge in [0.05, 0.1) is 21.6 Å². The van der Waals surface area contributed by atoms with Gasteiger partial charge in [0.15, 0.2) is 6.61 Å². The lowest BCUT2D eigenvalue weighted by Gasteiger charge is -2.11. The average Bonchev–Trinajstić information content (AvgIpc) is 3.05. The summed E-state index contributed by atoms with van der Waals surface area (Å²) in [6, 6.07) is 8.98. The van der Waals surface area contributed by atoms with E-state index < -0.39 is 28.5 Å². The van der Waals surface area contributed by atoms with Crippen LogP contribution in [0, 0.1) is 12.3 Å². The van der Waals surface area contributed by atoms with Crippen molar-refractivity contribution < 1.29 is 22.7 Å². The molecule has 0 saturated heterocycles. The minimum atomic E-state index is -3.86. The van der Waals surface area contributed by atoms with Crippen LogP contribution in [0.25, 0.3) is 0 Å². The Hall–Kier alpha value is -2.35. The van der Waals surface area contributed by atoms with Crippen LogP contribution in [0.15, 0.2) is 44.4 Å². The van der Waals surface area contributed by atoms with E-state index in [-0.39, 0.29) is 22.0 Å². The van der Waals surface area contributed by atoms with Gasteiger partial charge in [0.2, 0.25) is 0 Å². The number of halogens is 1. The van der Waals surface area contributed by atoms with E-state index in [0.717, 1.165) is 11.3 Å². The number of anilines is 1. The zero-order chi connectivity index (χ0) is 19.2. The standard InChI is InChI=1S/C16H13BrN2O5S2/c1-2-9-18-14(20)10-24-16(21)11-5-3-4-6-12(11)19-26(22,23)15-8-7-13(17)25-15/h1,3-8,19H,9-10H2,(H,18,20). The van der Waals surface area contributed by atoms with Crippen molar-refractivity contribution in [2.45, 2.75) is 4.21 Å². The molecule has 0 bridgehead atoms. The van der Waals surface area contributed by atoms with E-state index in [1.54, 1.807) is 18.2 Å². The Morgan fingerprint density at radius 2 is 1.96 bits per heavy atom. The molecule has 1 aromatic carbocycles. The van der Waals surface area contributed by atoms with Gasteiger partial charge in [0, 0.05) is 0 Å². The van der Waals surface area contributed by atoms with Crippen LogP contribution < -0.4 is 10.0 Å². The van der Waals surface area contributed by atoms with Gasteiger partial charge in [-0.15, -0.1) is 17.8 Å². The van der Waals surface area contributed by atoms with Gasteiger partial charge < -0.3 is 10.1 Å². The highest BCUT2D eigenvalue weighted by Crippen LogP contribution is 2.28. The fraction of sp³-hybridized carbons (Fsp3) is 0.125. The van der Waals surface area contributed by atoms with Gasteiger partial charge in [-0.2, -0.15) is 0 Å². The number of terminal acetylenes is 1. The van der Waals surface area contributed by atoms with Gasteiger partial charge >= 0.3 is 5.97 Å². The number of sulfonamides is 1. The molecule has 0 spiro atoms. The number of hydrogen-bond donors (Lipinski definition) is 2. The van der Waals surface area contributed by atoms with Crippen LogP contribution in [0.5, 0.6) is 0 Å². The summed E-state index contributed by atoms with van der Waals surface area (Å²) in [6.07, 6.45) is 5.01. The number of benzene rings is 1. The molecule has 2 aromatic rings. The number of esters is 1. The third-order valence-electron chi connectivity index (χ3n) is 2.93. The summed E-state index contributed by atoms with van der Waals surface area (Å²) >= 11 is 4.23. The van der Waals surface area contributed by atoms with Gasteiger partial charge in [-0.3, -0.25) is 9.52 Å². The minimum absolute atomic E-state index is 0.0170. The van der Waals surface area contributed by atoms with Crippen LogP contribution in [-0.4, -0.2) is 33.4 Å². The molecular formula is C16H13BrN2O5S2. The summed E-state index contributed by atoms with van der Waals surface area (Å²) < 4.78 is 32.8. The van der Waals surface area contributed by atoms with Gasteiger partial charge in [-0.25, -0.2) is 13.2 Å². The van der Waals surface area contributed by atoms with Gasteiger partial charge in [-0.05, 0) is 40.2 Å². The number of rotatable bonds is 7. The second kappa shape index (κ2) is 8.84. The molecule has 1 heterocycles. The maximum Gasteiger partial charge on any atom is 0.340 e. The number of nitrogens with one attached hydrogen (secondary N) is 2. The van der Waals surface area contributed by atoms with Crippen molar-refractivity contribution in [1.82, 2.24) is 5.32 Å². The van der Waals surface area contributed by atoms with Crippen LogP contribution in [0.4, 0.5) is 5.69 Å². The Kier molecular flexibility index (Phi) is 6.79. The second-order valence-electron chi connectivity index (χ2n) is 4.77. The van der Waals surface area contributed by atoms with Gasteiger partial charge in [-0.1, -0.05) is 18.1 Å². The lowest BCUT2D eigenvalue weighted by molar-refractivity contribution is -0.123. The molecule has 0 unspecified atom stereocenters. The molecule has 10 heteroatoms. The molecule has 26 heavy (non-hydrogen) atoms. The van der Waals surface area contributed by atoms with Crippen molar-refractivity contribution in [3.63, 3.8) is 0 Å². The molecule has 1 aromatic heterocycles. The fourth-order valence-corrected chi connectivity index (χ4v) is 4.89. The number of ether oxygens (including phenoxy) is 1. The van der Waals surface area contributed by atoms with Crippen LogP contribution >= 0.6 is 27.3 Å². The predicted octanol–water partition coefficient (Wildman–Crippen LogP) is 2.22. The third kappa shape index (κ3) is 5.32. The highest BCUT2D eigenvalue weighted by molar-refractivity contribution is 9.11. The van der Waals surface area contributed by atoms with E-state index in [1.165, 1.54) is 18.2 Å². The van der Waals surface area contributed by atoms with Crippen molar-refractivity contribution in [3.05, 3.63) is 45.7 Å². The average molecular weight is 457 g/mol. The molecule has 7 nitrogen and oxygen atoms in total. The predicted molar refractivity (Wildman–Crippen MR) is 101 cm³/mol. The lowest BCUT2D eigenvalue weighted by Crippen LogP contribution is -2.29.